The molecule has 0 aromatic heterocycles. The first-order chi connectivity index (χ1) is 12.0. The summed E-state index contributed by atoms with van der Waals surface area (Å²) in [6.45, 7) is 5.19. The van der Waals surface area contributed by atoms with Crippen LogP contribution in [0.1, 0.15) is 40.1 Å². The minimum absolute atomic E-state index is 0.162. The standard InChI is InChI=1S/C20H23ClN2O2/c1-14(2)13-23-20(25)17-5-3-4-16(12-17)19(24)22-11-10-15-6-8-18(21)9-7-15/h3-9,12,14H,10-11,13H2,1-2H3,(H,22,24)(H,23,25). The van der Waals surface area contributed by atoms with Crippen molar-refractivity contribution in [2.75, 3.05) is 13.1 Å². The van der Waals surface area contributed by atoms with Crippen LogP contribution in [0.2, 0.25) is 5.02 Å². The van der Waals surface area contributed by atoms with E-state index in [1.807, 2.05) is 38.1 Å². The quantitative estimate of drug-likeness (QED) is 0.792. The van der Waals surface area contributed by atoms with E-state index in [4.69, 9.17) is 11.6 Å². The molecule has 0 radical (unpaired) electrons. The highest BCUT2D eigenvalue weighted by molar-refractivity contribution is 6.30. The monoisotopic (exact) mass is 358 g/mol. The molecule has 0 saturated carbocycles. The number of halogens is 1. The van der Waals surface area contributed by atoms with Gasteiger partial charge in [0.05, 0.1) is 0 Å². The van der Waals surface area contributed by atoms with Gasteiger partial charge < -0.3 is 10.6 Å². The maximum Gasteiger partial charge on any atom is 0.251 e. The number of amides is 2. The van der Waals surface area contributed by atoms with Crippen molar-refractivity contribution >= 4 is 23.4 Å². The Kier molecular flexibility index (Phi) is 7.02. The second-order valence-corrected chi connectivity index (χ2v) is 6.75. The molecule has 5 heteroatoms. The van der Waals surface area contributed by atoms with Crippen LogP contribution in [-0.2, 0) is 6.42 Å². The summed E-state index contributed by atoms with van der Waals surface area (Å²) in [4.78, 5) is 24.4. The number of hydrogen-bond donors (Lipinski definition) is 2. The first kappa shape index (κ1) is 19.0. The molecule has 0 fully saturated rings. The predicted octanol–water partition coefficient (Wildman–Crippen LogP) is 3.70. The predicted molar refractivity (Wildman–Crippen MR) is 101 cm³/mol. The van der Waals surface area contributed by atoms with Crippen molar-refractivity contribution < 1.29 is 9.59 Å². The van der Waals surface area contributed by atoms with Crippen molar-refractivity contribution in [3.63, 3.8) is 0 Å². The number of hydrogen-bond acceptors (Lipinski definition) is 2. The van der Waals surface area contributed by atoms with E-state index in [2.05, 4.69) is 10.6 Å². The zero-order chi connectivity index (χ0) is 18.2. The molecular formula is C20H23ClN2O2. The highest BCUT2D eigenvalue weighted by Crippen LogP contribution is 2.10. The molecule has 0 aliphatic rings. The van der Waals surface area contributed by atoms with Gasteiger partial charge in [0.1, 0.15) is 0 Å². The van der Waals surface area contributed by atoms with E-state index in [0.717, 1.165) is 12.0 Å². The average Bonchev–Trinajstić information content (AvgIpc) is 2.61. The molecule has 0 spiro atoms. The second-order valence-electron chi connectivity index (χ2n) is 6.32. The van der Waals surface area contributed by atoms with Gasteiger partial charge in [0.2, 0.25) is 0 Å². The number of carbonyl (C=O) groups is 2. The minimum Gasteiger partial charge on any atom is -0.352 e. The summed E-state index contributed by atoms with van der Waals surface area (Å²) < 4.78 is 0. The van der Waals surface area contributed by atoms with Crippen molar-refractivity contribution in [1.82, 2.24) is 10.6 Å². The Morgan fingerprint density at radius 2 is 1.56 bits per heavy atom. The van der Waals surface area contributed by atoms with Crippen LogP contribution in [0.25, 0.3) is 0 Å². The molecular weight excluding hydrogens is 336 g/mol. The number of carbonyl (C=O) groups excluding carboxylic acids is 2. The lowest BCUT2D eigenvalue weighted by Gasteiger charge is -2.09. The van der Waals surface area contributed by atoms with Gasteiger partial charge in [0.15, 0.2) is 0 Å². The molecule has 0 saturated heterocycles. The first-order valence-electron chi connectivity index (χ1n) is 8.36. The fraction of sp³-hybridized carbons (Fsp3) is 0.300. The maximum absolute atomic E-state index is 12.3. The van der Waals surface area contributed by atoms with E-state index in [9.17, 15) is 9.59 Å². The molecule has 2 amide bonds. The molecule has 0 unspecified atom stereocenters. The lowest BCUT2D eigenvalue weighted by atomic mass is 10.1. The highest BCUT2D eigenvalue weighted by Gasteiger charge is 2.10. The molecule has 132 valence electrons. The average molecular weight is 359 g/mol. The van der Waals surface area contributed by atoms with Crippen LogP contribution in [0, 0.1) is 5.92 Å². The largest absolute Gasteiger partial charge is 0.352 e. The maximum atomic E-state index is 12.3. The van der Waals surface area contributed by atoms with Crippen molar-refractivity contribution in [2.24, 2.45) is 5.92 Å². The number of nitrogens with one attached hydrogen (secondary N) is 2. The summed E-state index contributed by atoms with van der Waals surface area (Å²) in [6, 6.07) is 14.3. The van der Waals surface area contributed by atoms with Gasteiger partial charge in [-0.2, -0.15) is 0 Å². The van der Waals surface area contributed by atoms with Gasteiger partial charge in [0.25, 0.3) is 11.8 Å². The summed E-state index contributed by atoms with van der Waals surface area (Å²) >= 11 is 5.85. The van der Waals surface area contributed by atoms with E-state index in [1.54, 1.807) is 24.3 Å². The molecule has 2 aromatic carbocycles. The first-order valence-corrected chi connectivity index (χ1v) is 8.74. The second kappa shape index (κ2) is 9.23. The molecule has 25 heavy (non-hydrogen) atoms. The van der Waals surface area contributed by atoms with E-state index < -0.39 is 0 Å². The third-order valence-corrected chi connectivity index (χ3v) is 3.92. The van der Waals surface area contributed by atoms with Crippen LogP contribution in [0.15, 0.2) is 48.5 Å². The topological polar surface area (TPSA) is 58.2 Å². The highest BCUT2D eigenvalue weighted by atomic mass is 35.5. The zero-order valence-corrected chi connectivity index (χ0v) is 15.3. The van der Waals surface area contributed by atoms with E-state index >= 15 is 0 Å². The molecule has 2 N–H and O–H groups in total. The van der Waals surface area contributed by atoms with Crippen LogP contribution in [0.4, 0.5) is 0 Å². The van der Waals surface area contributed by atoms with Gasteiger partial charge in [-0.25, -0.2) is 0 Å². The molecule has 0 heterocycles. The Hall–Kier alpha value is -2.33. The summed E-state index contributed by atoms with van der Waals surface area (Å²) in [7, 11) is 0. The Morgan fingerprint density at radius 1 is 0.960 bits per heavy atom. The van der Waals surface area contributed by atoms with Crippen LogP contribution in [-0.4, -0.2) is 24.9 Å². The Bertz CT molecular complexity index is 727. The smallest absolute Gasteiger partial charge is 0.251 e. The van der Waals surface area contributed by atoms with Gasteiger partial charge >= 0.3 is 0 Å². The van der Waals surface area contributed by atoms with Crippen LogP contribution in [0.3, 0.4) is 0 Å². The molecule has 0 atom stereocenters. The molecule has 2 aromatic rings. The summed E-state index contributed by atoms with van der Waals surface area (Å²) in [5.41, 5.74) is 2.07. The lowest BCUT2D eigenvalue weighted by molar-refractivity contribution is 0.0949. The lowest BCUT2D eigenvalue weighted by Crippen LogP contribution is -2.28. The minimum atomic E-state index is -0.188. The van der Waals surface area contributed by atoms with E-state index in [-0.39, 0.29) is 11.8 Å². The van der Waals surface area contributed by atoms with Crippen LogP contribution >= 0.6 is 11.6 Å². The summed E-state index contributed by atoms with van der Waals surface area (Å²) in [6.07, 6.45) is 0.720. The summed E-state index contributed by atoms with van der Waals surface area (Å²) in [5.74, 6) is 0.0280. The van der Waals surface area contributed by atoms with Gasteiger partial charge in [-0.3, -0.25) is 9.59 Å². The molecule has 0 aliphatic carbocycles. The van der Waals surface area contributed by atoms with Gasteiger partial charge in [0, 0.05) is 29.2 Å². The van der Waals surface area contributed by atoms with Crippen molar-refractivity contribution in [3.05, 3.63) is 70.2 Å². The number of rotatable bonds is 7. The molecule has 0 aliphatic heterocycles. The van der Waals surface area contributed by atoms with Crippen molar-refractivity contribution in [2.45, 2.75) is 20.3 Å². The third-order valence-electron chi connectivity index (χ3n) is 3.67. The Labute approximate surface area is 153 Å². The normalized spacial score (nSPS) is 10.6. The molecule has 2 rings (SSSR count). The Balaban J connectivity index is 1.89. The van der Waals surface area contributed by atoms with E-state index in [1.165, 1.54) is 0 Å². The zero-order valence-electron chi connectivity index (χ0n) is 14.5. The Morgan fingerprint density at radius 3 is 2.16 bits per heavy atom. The van der Waals surface area contributed by atoms with Crippen LogP contribution < -0.4 is 10.6 Å². The van der Waals surface area contributed by atoms with Crippen molar-refractivity contribution in [3.8, 4) is 0 Å². The van der Waals surface area contributed by atoms with Gasteiger partial charge in [-0.1, -0.05) is 43.6 Å². The van der Waals surface area contributed by atoms with Gasteiger partial charge in [-0.15, -0.1) is 0 Å². The third kappa shape index (κ3) is 6.24. The van der Waals surface area contributed by atoms with Crippen LogP contribution in [0.5, 0.6) is 0 Å². The van der Waals surface area contributed by atoms with Gasteiger partial charge in [-0.05, 0) is 48.2 Å². The van der Waals surface area contributed by atoms with Crippen molar-refractivity contribution in [1.29, 1.82) is 0 Å². The summed E-state index contributed by atoms with van der Waals surface area (Å²) in [5, 5.41) is 6.42. The number of benzene rings is 2. The fourth-order valence-corrected chi connectivity index (χ4v) is 2.40. The molecule has 0 bridgehead atoms. The molecule has 4 nitrogen and oxygen atoms in total. The van der Waals surface area contributed by atoms with E-state index in [0.29, 0.717) is 35.2 Å². The SMILES string of the molecule is CC(C)CNC(=O)c1cccc(C(=O)NCCc2ccc(Cl)cc2)c1. The fourth-order valence-electron chi connectivity index (χ4n) is 2.27.